The molecular formula is C25H18N2O3. The van der Waals surface area contributed by atoms with Crippen molar-refractivity contribution < 1.29 is 9.53 Å². The Hall–Kier alpha value is -3.99. The lowest BCUT2D eigenvalue weighted by Gasteiger charge is -2.11. The predicted octanol–water partition coefficient (Wildman–Crippen LogP) is 4.67. The van der Waals surface area contributed by atoms with Gasteiger partial charge in [-0.3, -0.25) is 9.20 Å². The molecule has 0 bridgehead atoms. The van der Waals surface area contributed by atoms with E-state index in [4.69, 9.17) is 4.74 Å². The Kier molecular flexibility index (Phi) is 4.29. The first-order valence-electron chi connectivity index (χ1n) is 9.67. The number of pyridine rings is 1. The summed E-state index contributed by atoms with van der Waals surface area (Å²) >= 11 is 0. The molecule has 0 amide bonds. The topological polar surface area (TPSA) is 60.7 Å². The molecule has 0 aliphatic rings. The van der Waals surface area contributed by atoms with Crippen molar-refractivity contribution in [1.29, 1.82) is 0 Å². The number of aromatic nitrogens is 2. The highest BCUT2D eigenvalue weighted by Gasteiger charge is 2.17. The molecule has 0 unspecified atom stereocenters. The molecule has 0 saturated heterocycles. The van der Waals surface area contributed by atoms with Gasteiger partial charge in [-0.2, -0.15) is 0 Å². The van der Waals surface area contributed by atoms with Crippen molar-refractivity contribution >= 4 is 33.2 Å². The van der Waals surface area contributed by atoms with Crippen molar-refractivity contribution in [3.63, 3.8) is 0 Å². The van der Waals surface area contributed by atoms with Gasteiger partial charge in [-0.05, 0) is 46.2 Å². The van der Waals surface area contributed by atoms with Crippen LogP contribution >= 0.6 is 0 Å². The maximum atomic E-state index is 13.1. The minimum atomic E-state index is -0.436. The van der Waals surface area contributed by atoms with Gasteiger partial charge in [-0.15, -0.1) is 0 Å². The second-order valence-corrected chi connectivity index (χ2v) is 7.29. The summed E-state index contributed by atoms with van der Waals surface area (Å²) in [6.45, 7) is 1.84. The quantitative estimate of drug-likeness (QED) is 0.330. The van der Waals surface area contributed by atoms with Gasteiger partial charge < -0.3 is 4.74 Å². The molecule has 0 saturated carbocycles. The molecular weight excluding hydrogens is 376 g/mol. The zero-order valence-corrected chi connectivity index (χ0v) is 16.3. The predicted molar refractivity (Wildman–Crippen MR) is 117 cm³/mol. The number of carbonyl (C=O) groups excluding carboxylic acids is 1. The molecule has 30 heavy (non-hydrogen) atoms. The van der Waals surface area contributed by atoms with E-state index in [0.717, 1.165) is 27.1 Å². The molecule has 5 nitrogen and oxygen atoms in total. The number of esters is 1. The number of ether oxygens (including phenoxy) is 1. The Morgan fingerprint density at radius 3 is 2.30 bits per heavy atom. The summed E-state index contributed by atoms with van der Waals surface area (Å²) in [7, 11) is 0. The number of carbonyl (C=O) groups is 1. The monoisotopic (exact) mass is 394 g/mol. The summed E-state index contributed by atoms with van der Waals surface area (Å²) in [6.07, 6.45) is 1.74. The molecule has 2 aromatic heterocycles. The summed E-state index contributed by atoms with van der Waals surface area (Å²) in [5.41, 5.74) is 2.23. The van der Waals surface area contributed by atoms with Gasteiger partial charge in [0.25, 0.3) is 5.56 Å². The van der Waals surface area contributed by atoms with Crippen molar-refractivity contribution in [2.45, 2.75) is 13.5 Å². The van der Waals surface area contributed by atoms with E-state index in [-0.39, 0.29) is 12.2 Å². The zero-order valence-electron chi connectivity index (χ0n) is 16.3. The fourth-order valence-corrected chi connectivity index (χ4v) is 3.78. The molecule has 0 N–H and O–H groups in total. The number of rotatable bonds is 3. The molecule has 146 valence electrons. The highest BCUT2D eigenvalue weighted by atomic mass is 16.5. The van der Waals surface area contributed by atoms with E-state index in [9.17, 15) is 9.59 Å². The Bertz CT molecular complexity index is 1450. The normalized spacial score (nSPS) is 11.2. The van der Waals surface area contributed by atoms with Crippen molar-refractivity contribution in [2.75, 3.05) is 0 Å². The lowest BCUT2D eigenvalue weighted by molar-refractivity contribution is 0.0472. The highest BCUT2D eigenvalue weighted by molar-refractivity contribution is 6.16. The SMILES string of the molecule is Cc1ccc2nc(COC(=O)c3c4ccccc4cc4ccccc34)cc(=O)n2c1. The van der Waals surface area contributed by atoms with Crippen LogP contribution in [0.4, 0.5) is 0 Å². The largest absolute Gasteiger partial charge is 0.456 e. The summed E-state index contributed by atoms with van der Waals surface area (Å²) < 4.78 is 7.09. The molecule has 0 fully saturated rings. The first-order valence-corrected chi connectivity index (χ1v) is 9.67. The van der Waals surface area contributed by atoms with E-state index in [1.54, 1.807) is 12.3 Å². The number of fused-ring (bicyclic) bond motifs is 3. The average Bonchev–Trinajstić information content (AvgIpc) is 2.76. The second-order valence-electron chi connectivity index (χ2n) is 7.29. The summed E-state index contributed by atoms with van der Waals surface area (Å²) in [4.78, 5) is 30.0. The third-order valence-electron chi connectivity index (χ3n) is 5.19. The van der Waals surface area contributed by atoms with E-state index in [1.165, 1.54) is 10.5 Å². The minimum absolute atomic E-state index is 0.0734. The molecule has 5 rings (SSSR count). The lowest BCUT2D eigenvalue weighted by atomic mass is 9.97. The first-order chi connectivity index (χ1) is 14.6. The van der Waals surface area contributed by atoms with Gasteiger partial charge >= 0.3 is 5.97 Å². The van der Waals surface area contributed by atoms with Crippen LogP contribution < -0.4 is 5.56 Å². The fraction of sp³-hybridized carbons (Fsp3) is 0.0800. The van der Waals surface area contributed by atoms with Gasteiger partial charge in [0.2, 0.25) is 0 Å². The maximum absolute atomic E-state index is 13.1. The lowest BCUT2D eigenvalue weighted by Crippen LogP contribution is -2.17. The number of benzene rings is 3. The Morgan fingerprint density at radius 2 is 1.60 bits per heavy atom. The second kappa shape index (κ2) is 7.12. The smallest absolute Gasteiger partial charge is 0.339 e. The zero-order chi connectivity index (χ0) is 20.7. The summed E-state index contributed by atoms with van der Waals surface area (Å²) in [6, 6.07) is 22.6. The first kappa shape index (κ1) is 18.1. The van der Waals surface area contributed by atoms with Crippen LogP contribution in [-0.4, -0.2) is 15.4 Å². The summed E-state index contributed by atoms with van der Waals surface area (Å²) in [5.74, 6) is -0.436. The van der Waals surface area contributed by atoms with Gasteiger partial charge in [0.1, 0.15) is 12.3 Å². The van der Waals surface area contributed by atoms with E-state index in [1.807, 2.05) is 61.5 Å². The van der Waals surface area contributed by atoms with Crippen LogP contribution in [0.3, 0.4) is 0 Å². The van der Waals surface area contributed by atoms with Crippen LogP contribution in [0.2, 0.25) is 0 Å². The van der Waals surface area contributed by atoms with Gasteiger partial charge in [-0.1, -0.05) is 54.6 Å². The van der Waals surface area contributed by atoms with Crippen molar-refractivity contribution in [1.82, 2.24) is 9.38 Å². The van der Waals surface area contributed by atoms with Crippen LogP contribution in [0.5, 0.6) is 0 Å². The van der Waals surface area contributed by atoms with E-state index in [0.29, 0.717) is 16.9 Å². The van der Waals surface area contributed by atoms with E-state index < -0.39 is 5.97 Å². The summed E-state index contributed by atoms with van der Waals surface area (Å²) in [5, 5.41) is 3.62. The highest BCUT2D eigenvalue weighted by Crippen LogP contribution is 2.29. The van der Waals surface area contributed by atoms with Crippen LogP contribution in [-0.2, 0) is 11.3 Å². The molecule has 3 aromatic carbocycles. The van der Waals surface area contributed by atoms with Crippen LogP contribution in [0.15, 0.2) is 83.8 Å². The number of hydrogen-bond donors (Lipinski definition) is 0. The molecule has 0 radical (unpaired) electrons. The number of hydrogen-bond acceptors (Lipinski definition) is 4. The Morgan fingerprint density at radius 1 is 0.933 bits per heavy atom. The van der Waals surface area contributed by atoms with E-state index >= 15 is 0 Å². The Balaban J connectivity index is 1.53. The van der Waals surface area contributed by atoms with Crippen molar-refractivity contribution in [3.05, 3.63) is 106 Å². The number of aryl methyl sites for hydroxylation is 1. The molecule has 0 aliphatic carbocycles. The van der Waals surface area contributed by atoms with Crippen LogP contribution in [0, 0.1) is 6.92 Å². The molecule has 0 aliphatic heterocycles. The van der Waals surface area contributed by atoms with Crippen molar-refractivity contribution in [2.24, 2.45) is 0 Å². The third-order valence-corrected chi connectivity index (χ3v) is 5.19. The van der Waals surface area contributed by atoms with Gasteiger partial charge in [0.05, 0.1) is 11.3 Å². The van der Waals surface area contributed by atoms with Crippen molar-refractivity contribution in [3.8, 4) is 0 Å². The molecule has 5 aromatic rings. The standard InChI is InChI=1S/C25H18N2O3/c1-16-10-11-22-26-19(13-23(28)27(22)14-16)15-30-25(29)24-20-8-4-2-6-17(20)12-18-7-3-5-9-21(18)24/h2-14H,15H2,1H3. The molecule has 0 atom stereocenters. The third kappa shape index (κ3) is 3.10. The van der Waals surface area contributed by atoms with E-state index in [2.05, 4.69) is 11.1 Å². The van der Waals surface area contributed by atoms with Crippen LogP contribution in [0.25, 0.3) is 27.2 Å². The maximum Gasteiger partial charge on any atom is 0.339 e. The van der Waals surface area contributed by atoms with Gasteiger partial charge in [0.15, 0.2) is 0 Å². The van der Waals surface area contributed by atoms with Crippen LogP contribution in [0.1, 0.15) is 21.6 Å². The molecule has 5 heteroatoms. The van der Waals surface area contributed by atoms with Gasteiger partial charge in [-0.25, -0.2) is 9.78 Å². The number of nitrogens with zero attached hydrogens (tertiary/aromatic N) is 2. The molecule has 2 heterocycles. The van der Waals surface area contributed by atoms with Gasteiger partial charge in [0, 0.05) is 12.3 Å². The average molecular weight is 394 g/mol. The molecule has 0 spiro atoms. The fourth-order valence-electron chi connectivity index (χ4n) is 3.78. The minimum Gasteiger partial charge on any atom is -0.456 e. The Labute approximate surface area is 172 Å².